The molecule has 8 heteroatoms. The summed E-state index contributed by atoms with van der Waals surface area (Å²) in [5.74, 6) is -0.799. The molecule has 0 heterocycles. The summed E-state index contributed by atoms with van der Waals surface area (Å²) in [5.41, 5.74) is 3.90. The van der Waals surface area contributed by atoms with Gasteiger partial charge in [-0.25, -0.2) is 0 Å². The third-order valence-electron chi connectivity index (χ3n) is 2.89. The molecule has 0 saturated carbocycles. The Morgan fingerprint density at radius 3 is 2.67 bits per heavy atom. The Balaban J connectivity index is 2.92. The molecule has 0 radical (unpaired) electrons. The summed E-state index contributed by atoms with van der Waals surface area (Å²) in [7, 11) is 1.40. The molecule has 0 saturated heterocycles. The number of carboxylic acids is 1. The molecule has 2 atom stereocenters. The number of ether oxygens (including phenoxy) is 2. The topological polar surface area (TPSA) is 125 Å². The molecule has 1 aromatic carbocycles. The first-order valence-corrected chi connectivity index (χ1v) is 6.18. The van der Waals surface area contributed by atoms with Crippen molar-refractivity contribution < 1.29 is 24.3 Å². The van der Waals surface area contributed by atoms with Crippen molar-refractivity contribution in [3.63, 3.8) is 0 Å². The highest BCUT2D eigenvalue weighted by Crippen LogP contribution is 2.32. The quantitative estimate of drug-likeness (QED) is 0.578. The highest BCUT2D eigenvalue weighted by atomic mass is 16.6. The zero-order valence-electron chi connectivity index (χ0n) is 12.0. The number of nitro benzene ring substituents is 1. The number of nitrogens with two attached hydrogens (primary N) is 1. The Hall–Kier alpha value is -2.35. The Morgan fingerprint density at radius 2 is 2.19 bits per heavy atom. The van der Waals surface area contributed by atoms with Crippen molar-refractivity contribution in [3.05, 3.63) is 28.3 Å². The number of hydrogen-bond acceptors (Lipinski definition) is 6. The number of aliphatic carboxylic acids is 1. The smallest absolute Gasteiger partial charge is 0.323 e. The first-order valence-electron chi connectivity index (χ1n) is 6.18. The van der Waals surface area contributed by atoms with Crippen molar-refractivity contribution in [2.24, 2.45) is 5.73 Å². The minimum atomic E-state index is -1.47. The summed E-state index contributed by atoms with van der Waals surface area (Å²) in [6, 6.07) is 4.16. The summed E-state index contributed by atoms with van der Waals surface area (Å²) >= 11 is 0. The number of methoxy groups -OCH3 is 1. The fourth-order valence-electron chi connectivity index (χ4n) is 1.81. The summed E-state index contributed by atoms with van der Waals surface area (Å²) in [4.78, 5) is 21.4. The lowest BCUT2D eigenvalue weighted by Gasteiger charge is -2.24. The lowest BCUT2D eigenvalue weighted by Crippen LogP contribution is -2.47. The van der Waals surface area contributed by atoms with Crippen LogP contribution in [0.5, 0.6) is 11.5 Å². The van der Waals surface area contributed by atoms with Gasteiger partial charge in [0.2, 0.25) is 0 Å². The maximum absolute atomic E-state index is 11.0. The zero-order chi connectivity index (χ0) is 16.2. The van der Waals surface area contributed by atoms with Crippen LogP contribution in [0.2, 0.25) is 0 Å². The van der Waals surface area contributed by atoms with Crippen LogP contribution in [0.25, 0.3) is 0 Å². The molecule has 1 aromatic rings. The van der Waals surface area contributed by atoms with Gasteiger partial charge in [0.15, 0.2) is 5.75 Å². The average Bonchev–Trinajstić information content (AvgIpc) is 2.37. The SMILES string of the molecule is COc1ccc(OC(C)CC(C)(N)C(=O)O)c([N+](=O)[O-])c1. The van der Waals surface area contributed by atoms with Gasteiger partial charge >= 0.3 is 11.7 Å². The van der Waals surface area contributed by atoms with E-state index in [1.54, 1.807) is 6.92 Å². The fraction of sp³-hybridized carbons (Fsp3) is 0.462. The van der Waals surface area contributed by atoms with Crippen molar-refractivity contribution in [2.45, 2.75) is 31.9 Å². The Labute approximate surface area is 121 Å². The normalized spacial score (nSPS) is 14.9. The molecule has 0 aromatic heterocycles. The monoisotopic (exact) mass is 298 g/mol. The number of nitrogens with zero attached hydrogens (tertiary/aromatic N) is 1. The number of hydrogen-bond donors (Lipinski definition) is 2. The molecule has 0 amide bonds. The molecule has 3 N–H and O–H groups in total. The van der Waals surface area contributed by atoms with Gasteiger partial charge in [-0.15, -0.1) is 0 Å². The average molecular weight is 298 g/mol. The van der Waals surface area contributed by atoms with E-state index in [2.05, 4.69) is 0 Å². The number of rotatable bonds is 7. The van der Waals surface area contributed by atoms with Crippen LogP contribution in [0.4, 0.5) is 5.69 Å². The molecular weight excluding hydrogens is 280 g/mol. The largest absolute Gasteiger partial charge is 0.496 e. The third kappa shape index (κ3) is 4.32. The molecule has 2 unspecified atom stereocenters. The highest BCUT2D eigenvalue weighted by Gasteiger charge is 2.31. The third-order valence-corrected chi connectivity index (χ3v) is 2.89. The molecule has 0 fully saturated rings. The molecule has 0 aliphatic heterocycles. The van der Waals surface area contributed by atoms with Crippen LogP contribution in [0.1, 0.15) is 20.3 Å². The van der Waals surface area contributed by atoms with Crippen molar-refractivity contribution in [3.8, 4) is 11.5 Å². The first-order chi connectivity index (χ1) is 9.67. The number of benzene rings is 1. The predicted octanol–water partition coefficient (Wildman–Crippen LogP) is 1.56. The van der Waals surface area contributed by atoms with Gasteiger partial charge in [-0.1, -0.05) is 0 Å². The first kappa shape index (κ1) is 16.7. The van der Waals surface area contributed by atoms with Gasteiger partial charge in [0.05, 0.1) is 24.2 Å². The van der Waals surface area contributed by atoms with E-state index in [-0.39, 0.29) is 17.9 Å². The van der Waals surface area contributed by atoms with Crippen LogP contribution in [0.3, 0.4) is 0 Å². The number of carboxylic acid groups (broad SMARTS) is 1. The maximum Gasteiger partial charge on any atom is 0.323 e. The lowest BCUT2D eigenvalue weighted by molar-refractivity contribution is -0.386. The standard InChI is InChI=1S/C13H18N2O6/c1-8(7-13(2,14)12(16)17)21-11-5-4-9(20-3)6-10(11)15(18)19/h4-6,8H,7,14H2,1-3H3,(H,16,17). The second-order valence-corrected chi connectivity index (χ2v) is 4.95. The maximum atomic E-state index is 11.0. The summed E-state index contributed by atoms with van der Waals surface area (Å²) in [5, 5.41) is 20.0. The second-order valence-electron chi connectivity index (χ2n) is 4.95. The van der Waals surface area contributed by atoms with E-state index < -0.39 is 22.5 Å². The number of carbonyl (C=O) groups is 1. The highest BCUT2D eigenvalue weighted by molar-refractivity contribution is 5.77. The van der Waals surface area contributed by atoms with Gasteiger partial charge in [-0.2, -0.15) is 0 Å². The van der Waals surface area contributed by atoms with Crippen molar-refractivity contribution in [2.75, 3.05) is 7.11 Å². The fourth-order valence-corrected chi connectivity index (χ4v) is 1.81. The van der Waals surface area contributed by atoms with Crippen LogP contribution in [-0.2, 0) is 4.79 Å². The van der Waals surface area contributed by atoms with Gasteiger partial charge in [0.25, 0.3) is 0 Å². The summed E-state index contributed by atoms with van der Waals surface area (Å²) < 4.78 is 10.4. The Morgan fingerprint density at radius 1 is 1.57 bits per heavy atom. The van der Waals surface area contributed by atoms with E-state index in [0.717, 1.165) is 0 Å². The minimum Gasteiger partial charge on any atom is -0.496 e. The van der Waals surface area contributed by atoms with Crippen molar-refractivity contribution >= 4 is 11.7 Å². The molecule has 116 valence electrons. The van der Waals surface area contributed by atoms with E-state index in [0.29, 0.717) is 5.75 Å². The Kier molecular flexibility index (Phi) is 5.09. The Bertz CT molecular complexity index is 543. The predicted molar refractivity (Wildman–Crippen MR) is 74.6 cm³/mol. The zero-order valence-corrected chi connectivity index (χ0v) is 12.0. The van der Waals surface area contributed by atoms with E-state index in [1.807, 2.05) is 0 Å². The van der Waals surface area contributed by atoms with E-state index in [9.17, 15) is 14.9 Å². The molecule has 8 nitrogen and oxygen atoms in total. The van der Waals surface area contributed by atoms with Crippen LogP contribution in [-0.4, -0.2) is 34.8 Å². The lowest BCUT2D eigenvalue weighted by atomic mass is 9.96. The molecule has 0 aliphatic carbocycles. The van der Waals surface area contributed by atoms with E-state index in [4.69, 9.17) is 20.3 Å². The van der Waals surface area contributed by atoms with Gasteiger partial charge < -0.3 is 20.3 Å². The molecule has 1 rings (SSSR count). The minimum absolute atomic E-state index is 0.00547. The molecular formula is C13H18N2O6. The summed E-state index contributed by atoms with van der Waals surface area (Å²) in [6.45, 7) is 2.96. The van der Waals surface area contributed by atoms with Gasteiger partial charge in [-0.05, 0) is 26.0 Å². The van der Waals surface area contributed by atoms with Crippen LogP contribution >= 0.6 is 0 Å². The molecule has 0 bridgehead atoms. The summed E-state index contributed by atoms with van der Waals surface area (Å²) in [6.07, 6.45) is -0.603. The molecule has 0 spiro atoms. The molecule has 21 heavy (non-hydrogen) atoms. The van der Waals surface area contributed by atoms with Gasteiger partial charge in [0.1, 0.15) is 11.3 Å². The van der Waals surface area contributed by atoms with E-state index >= 15 is 0 Å². The van der Waals surface area contributed by atoms with Gasteiger partial charge in [-0.3, -0.25) is 14.9 Å². The molecule has 0 aliphatic rings. The van der Waals surface area contributed by atoms with E-state index in [1.165, 1.54) is 32.2 Å². The number of nitro groups is 1. The second kappa shape index (κ2) is 6.40. The van der Waals surface area contributed by atoms with Crippen LogP contribution in [0, 0.1) is 10.1 Å². The van der Waals surface area contributed by atoms with Crippen LogP contribution < -0.4 is 15.2 Å². The van der Waals surface area contributed by atoms with Crippen molar-refractivity contribution in [1.29, 1.82) is 0 Å². The van der Waals surface area contributed by atoms with Crippen LogP contribution in [0.15, 0.2) is 18.2 Å². The van der Waals surface area contributed by atoms with Gasteiger partial charge in [0, 0.05) is 6.42 Å². The van der Waals surface area contributed by atoms with Crippen molar-refractivity contribution in [1.82, 2.24) is 0 Å².